The Kier molecular flexibility index (Phi) is 6.22. The van der Waals surface area contributed by atoms with Gasteiger partial charge in [0.15, 0.2) is 18.2 Å². The average molecular weight is 339 g/mol. The highest BCUT2D eigenvalue weighted by molar-refractivity contribution is 7.09. The number of halogens is 2. The molecule has 122 valence electrons. The van der Waals surface area contributed by atoms with E-state index in [1.807, 2.05) is 17.5 Å². The van der Waals surface area contributed by atoms with Gasteiger partial charge in [0.05, 0.1) is 0 Å². The number of aryl methyl sites for hydroxylation is 1. The van der Waals surface area contributed by atoms with Crippen LogP contribution in [0, 0.1) is 11.6 Å². The number of carbonyl (C=O) groups excluding carboxylic acids is 2. The summed E-state index contributed by atoms with van der Waals surface area (Å²) in [5, 5.41) is 4.29. The molecule has 0 aliphatic heterocycles. The second-order valence-corrected chi connectivity index (χ2v) is 5.80. The molecule has 1 aromatic carbocycles. The number of carbonyl (C=O) groups is 2. The molecule has 0 atom stereocenters. The van der Waals surface area contributed by atoms with Crippen molar-refractivity contribution in [2.24, 2.45) is 0 Å². The quantitative estimate of drug-likeness (QED) is 0.785. The molecule has 0 saturated carbocycles. The Bertz CT molecular complexity index is 674. The third-order valence-electron chi connectivity index (χ3n) is 2.95. The van der Waals surface area contributed by atoms with Crippen molar-refractivity contribution in [1.29, 1.82) is 0 Å². The van der Waals surface area contributed by atoms with Gasteiger partial charge in [-0.2, -0.15) is 0 Å². The van der Waals surface area contributed by atoms with E-state index >= 15 is 0 Å². The number of benzene rings is 1. The van der Waals surface area contributed by atoms with E-state index in [1.165, 1.54) is 10.9 Å². The van der Waals surface area contributed by atoms with Crippen LogP contribution < -0.4 is 5.32 Å². The standard InChI is InChI=1S/C16H15F2NO3S/c17-13-7-6-11(9-14(13)18)19-15(20)10-22-16(21)5-1-3-12-4-2-8-23-12/h2,4,6-9H,1,3,5,10H2,(H,19,20). The summed E-state index contributed by atoms with van der Waals surface area (Å²) in [7, 11) is 0. The molecule has 2 aromatic rings. The molecule has 1 N–H and O–H groups in total. The van der Waals surface area contributed by atoms with Gasteiger partial charge < -0.3 is 10.1 Å². The maximum absolute atomic E-state index is 13.0. The average Bonchev–Trinajstić information content (AvgIpc) is 3.02. The predicted molar refractivity (Wildman–Crippen MR) is 83.2 cm³/mol. The molecular weight excluding hydrogens is 324 g/mol. The Hall–Kier alpha value is -2.28. The van der Waals surface area contributed by atoms with E-state index in [2.05, 4.69) is 5.32 Å². The van der Waals surface area contributed by atoms with Gasteiger partial charge in [-0.15, -0.1) is 11.3 Å². The molecule has 0 unspecified atom stereocenters. The van der Waals surface area contributed by atoms with Gasteiger partial charge in [-0.1, -0.05) is 6.07 Å². The van der Waals surface area contributed by atoms with Crippen LogP contribution in [0.15, 0.2) is 35.7 Å². The zero-order valence-corrected chi connectivity index (χ0v) is 13.0. The van der Waals surface area contributed by atoms with Crippen LogP contribution in [-0.4, -0.2) is 18.5 Å². The highest BCUT2D eigenvalue weighted by Crippen LogP contribution is 2.13. The van der Waals surface area contributed by atoms with Gasteiger partial charge in [-0.25, -0.2) is 8.78 Å². The Morgan fingerprint density at radius 1 is 1.17 bits per heavy atom. The summed E-state index contributed by atoms with van der Waals surface area (Å²) in [5.74, 6) is -3.14. The Balaban J connectivity index is 1.67. The number of nitrogens with one attached hydrogen (secondary N) is 1. The van der Waals surface area contributed by atoms with Gasteiger partial charge in [0, 0.05) is 23.1 Å². The summed E-state index contributed by atoms with van der Waals surface area (Å²) in [4.78, 5) is 24.3. The van der Waals surface area contributed by atoms with Gasteiger partial charge in [0.2, 0.25) is 0 Å². The lowest BCUT2D eigenvalue weighted by Crippen LogP contribution is -2.21. The van der Waals surface area contributed by atoms with E-state index in [-0.39, 0.29) is 12.1 Å². The molecule has 0 bridgehead atoms. The van der Waals surface area contributed by atoms with Gasteiger partial charge in [0.1, 0.15) is 0 Å². The maximum Gasteiger partial charge on any atom is 0.306 e. The van der Waals surface area contributed by atoms with Crippen molar-refractivity contribution in [2.75, 3.05) is 11.9 Å². The van der Waals surface area contributed by atoms with E-state index < -0.39 is 30.1 Å². The lowest BCUT2D eigenvalue weighted by atomic mass is 10.2. The van der Waals surface area contributed by atoms with E-state index in [4.69, 9.17) is 4.74 Å². The predicted octanol–water partition coefficient (Wildman–Crippen LogP) is 3.53. The van der Waals surface area contributed by atoms with Crippen molar-refractivity contribution < 1.29 is 23.1 Å². The molecule has 4 nitrogen and oxygen atoms in total. The minimum Gasteiger partial charge on any atom is -0.456 e. The molecule has 1 amide bonds. The number of esters is 1. The Morgan fingerprint density at radius 2 is 2.00 bits per heavy atom. The molecule has 7 heteroatoms. The van der Waals surface area contributed by atoms with Crippen LogP contribution in [-0.2, 0) is 20.7 Å². The zero-order valence-electron chi connectivity index (χ0n) is 12.2. The third kappa shape index (κ3) is 5.78. The first-order chi connectivity index (χ1) is 11.0. The number of amides is 1. The van der Waals surface area contributed by atoms with Crippen LogP contribution in [0.25, 0.3) is 0 Å². The van der Waals surface area contributed by atoms with E-state index in [9.17, 15) is 18.4 Å². The number of thiophene rings is 1. The van der Waals surface area contributed by atoms with Crippen LogP contribution >= 0.6 is 11.3 Å². The highest BCUT2D eigenvalue weighted by atomic mass is 32.1. The minimum atomic E-state index is -1.06. The van der Waals surface area contributed by atoms with Gasteiger partial charge in [0.25, 0.3) is 5.91 Å². The largest absolute Gasteiger partial charge is 0.456 e. The molecule has 0 aliphatic rings. The Morgan fingerprint density at radius 3 is 2.70 bits per heavy atom. The summed E-state index contributed by atoms with van der Waals surface area (Å²) in [6.07, 6.45) is 1.65. The normalized spacial score (nSPS) is 10.3. The topological polar surface area (TPSA) is 55.4 Å². The zero-order chi connectivity index (χ0) is 16.7. The van der Waals surface area contributed by atoms with Gasteiger partial charge in [-0.05, 0) is 36.4 Å². The molecular formula is C16H15F2NO3S. The minimum absolute atomic E-state index is 0.0997. The molecule has 0 spiro atoms. The first-order valence-electron chi connectivity index (χ1n) is 6.97. The van der Waals surface area contributed by atoms with E-state index in [0.29, 0.717) is 6.42 Å². The lowest BCUT2D eigenvalue weighted by Gasteiger charge is -2.07. The van der Waals surface area contributed by atoms with Gasteiger partial charge in [-0.3, -0.25) is 9.59 Å². The number of hydrogen-bond donors (Lipinski definition) is 1. The monoisotopic (exact) mass is 339 g/mol. The number of anilines is 1. The van der Waals surface area contributed by atoms with Crippen molar-refractivity contribution in [3.05, 3.63) is 52.2 Å². The van der Waals surface area contributed by atoms with E-state index in [1.54, 1.807) is 11.3 Å². The van der Waals surface area contributed by atoms with Crippen molar-refractivity contribution >= 4 is 28.9 Å². The maximum atomic E-state index is 13.0. The highest BCUT2D eigenvalue weighted by Gasteiger charge is 2.09. The summed E-state index contributed by atoms with van der Waals surface area (Å²) in [5.41, 5.74) is 0.0997. The second-order valence-electron chi connectivity index (χ2n) is 4.77. The van der Waals surface area contributed by atoms with Crippen molar-refractivity contribution in [3.63, 3.8) is 0 Å². The molecule has 1 heterocycles. The first kappa shape index (κ1) is 17.1. The Labute approximate surface area is 136 Å². The van der Waals surface area contributed by atoms with Crippen molar-refractivity contribution in [3.8, 4) is 0 Å². The fourth-order valence-electron chi connectivity index (χ4n) is 1.85. The molecule has 0 fully saturated rings. The number of ether oxygens (including phenoxy) is 1. The van der Waals surface area contributed by atoms with Gasteiger partial charge >= 0.3 is 5.97 Å². The van der Waals surface area contributed by atoms with Crippen molar-refractivity contribution in [2.45, 2.75) is 19.3 Å². The molecule has 0 radical (unpaired) electrons. The fourth-order valence-corrected chi connectivity index (χ4v) is 2.60. The summed E-state index contributed by atoms with van der Waals surface area (Å²) < 4.78 is 30.6. The van der Waals surface area contributed by atoms with Crippen LogP contribution in [0.1, 0.15) is 17.7 Å². The fraction of sp³-hybridized carbons (Fsp3) is 0.250. The summed E-state index contributed by atoms with van der Waals surface area (Å²) in [6, 6.07) is 6.92. The molecule has 2 rings (SSSR count). The van der Waals surface area contributed by atoms with Crippen LogP contribution in [0.3, 0.4) is 0 Å². The number of rotatable bonds is 7. The van der Waals surface area contributed by atoms with E-state index in [0.717, 1.165) is 18.6 Å². The second kappa shape index (κ2) is 8.38. The first-order valence-corrected chi connectivity index (χ1v) is 7.85. The summed E-state index contributed by atoms with van der Waals surface area (Å²) in [6.45, 7) is -0.461. The number of hydrogen-bond acceptors (Lipinski definition) is 4. The molecule has 1 aromatic heterocycles. The van der Waals surface area contributed by atoms with Crippen molar-refractivity contribution in [1.82, 2.24) is 0 Å². The smallest absolute Gasteiger partial charge is 0.306 e. The third-order valence-corrected chi connectivity index (χ3v) is 3.89. The van der Waals surface area contributed by atoms with Crippen LogP contribution in [0.2, 0.25) is 0 Å². The molecule has 23 heavy (non-hydrogen) atoms. The lowest BCUT2D eigenvalue weighted by molar-refractivity contribution is -0.147. The molecule has 0 saturated heterocycles. The van der Waals surface area contributed by atoms with Crippen LogP contribution in [0.4, 0.5) is 14.5 Å². The summed E-state index contributed by atoms with van der Waals surface area (Å²) >= 11 is 1.62. The van der Waals surface area contributed by atoms with Crippen LogP contribution in [0.5, 0.6) is 0 Å². The SMILES string of the molecule is O=C(COC(=O)CCCc1cccs1)Nc1ccc(F)c(F)c1. The molecule has 0 aliphatic carbocycles.